The summed E-state index contributed by atoms with van der Waals surface area (Å²) in [6, 6.07) is 11.2. The molecule has 3 aliphatic rings. The largest absolute Gasteiger partial charge is 0.327 e. The molecular formula is C27H43ClN2O. The number of fused-ring (bicyclic) bond motifs is 2. The molecule has 2 bridgehead atoms. The Morgan fingerprint density at radius 1 is 1.10 bits per heavy atom. The molecule has 0 spiro atoms. The number of benzene rings is 1. The molecule has 1 aromatic carbocycles. The van der Waals surface area contributed by atoms with Crippen molar-refractivity contribution in [2.24, 2.45) is 27.9 Å². The Balaban J connectivity index is 0.000000229. The van der Waals surface area contributed by atoms with Crippen LogP contribution in [-0.4, -0.2) is 43.2 Å². The van der Waals surface area contributed by atoms with Crippen LogP contribution in [0.4, 0.5) is 0 Å². The summed E-state index contributed by atoms with van der Waals surface area (Å²) in [5.74, 6) is 1.34. The number of piperidine rings is 1. The van der Waals surface area contributed by atoms with E-state index in [9.17, 15) is 4.79 Å². The molecule has 1 aromatic rings. The molecule has 2 N–H and O–H groups in total. The average Bonchev–Trinajstić information content (AvgIpc) is 2.71. The molecule has 31 heavy (non-hydrogen) atoms. The quantitative estimate of drug-likeness (QED) is 0.482. The van der Waals surface area contributed by atoms with Crippen molar-refractivity contribution in [1.82, 2.24) is 4.90 Å². The number of carbonyl (C=O) groups excluding carboxylic acids is 1. The highest BCUT2D eigenvalue weighted by Crippen LogP contribution is 2.60. The molecule has 5 unspecified atom stereocenters. The van der Waals surface area contributed by atoms with Gasteiger partial charge in [0.15, 0.2) is 0 Å². The standard InChI is InChI=1S/C19H25ClO.C8H18N2/c1-17(13-20)8-15-9-18(2,14-21)12-19(10-15,11-17)16-6-4-3-5-7-16;1-8(2)6-10(3)5-4-7(8)9/h3-7,14-15H,8-13H2,1-2H3;7H,4-6,9H2,1-3H3. The molecule has 1 aliphatic heterocycles. The van der Waals surface area contributed by atoms with Crippen LogP contribution in [0.15, 0.2) is 30.3 Å². The maximum absolute atomic E-state index is 11.7. The van der Waals surface area contributed by atoms with Gasteiger partial charge < -0.3 is 15.4 Å². The highest BCUT2D eigenvalue weighted by molar-refractivity contribution is 6.18. The molecule has 2 saturated carbocycles. The Bertz CT molecular complexity index is 753. The second-order valence-electron chi connectivity index (χ2n) is 12.3. The summed E-state index contributed by atoms with van der Waals surface area (Å²) in [5, 5.41) is 0. The maximum Gasteiger partial charge on any atom is 0.125 e. The molecular weight excluding hydrogens is 404 g/mol. The Labute approximate surface area is 195 Å². The monoisotopic (exact) mass is 446 g/mol. The fourth-order valence-corrected chi connectivity index (χ4v) is 7.22. The van der Waals surface area contributed by atoms with Crippen molar-refractivity contribution < 1.29 is 4.79 Å². The second-order valence-corrected chi connectivity index (χ2v) is 12.6. The molecule has 2 aliphatic carbocycles. The van der Waals surface area contributed by atoms with Crippen LogP contribution in [0.2, 0.25) is 0 Å². The van der Waals surface area contributed by atoms with E-state index in [0.29, 0.717) is 17.4 Å². The third-order valence-corrected chi connectivity index (χ3v) is 8.86. The topological polar surface area (TPSA) is 46.3 Å². The molecule has 0 amide bonds. The first-order valence-corrected chi connectivity index (χ1v) is 12.5. The number of likely N-dealkylation sites (tertiary alicyclic amines) is 1. The van der Waals surface area contributed by atoms with Crippen LogP contribution in [0.3, 0.4) is 0 Å². The summed E-state index contributed by atoms with van der Waals surface area (Å²) in [4.78, 5) is 14.0. The van der Waals surface area contributed by atoms with Gasteiger partial charge in [0.05, 0.1) is 0 Å². The highest BCUT2D eigenvalue weighted by atomic mass is 35.5. The highest BCUT2D eigenvalue weighted by Gasteiger charge is 2.54. The molecule has 4 rings (SSSR count). The minimum Gasteiger partial charge on any atom is -0.327 e. The van der Waals surface area contributed by atoms with Crippen LogP contribution in [0, 0.1) is 22.2 Å². The summed E-state index contributed by atoms with van der Waals surface area (Å²) in [6.07, 6.45) is 7.83. The fraction of sp³-hybridized carbons (Fsp3) is 0.741. The first-order chi connectivity index (χ1) is 14.4. The van der Waals surface area contributed by atoms with E-state index in [1.165, 1.54) is 18.3 Å². The van der Waals surface area contributed by atoms with Gasteiger partial charge in [-0.1, -0.05) is 58.0 Å². The molecule has 3 fully saturated rings. The SMILES string of the molecule is CC1(C=O)CC2CC(C)(CCl)CC(c3ccccc3)(C2)C1.CN1CCC(N)C(C)(C)C1. The number of nitrogens with two attached hydrogens (primary N) is 1. The van der Waals surface area contributed by atoms with Gasteiger partial charge in [-0.2, -0.15) is 0 Å². The minimum absolute atomic E-state index is 0.127. The molecule has 1 saturated heterocycles. The molecule has 3 nitrogen and oxygen atoms in total. The Hall–Kier alpha value is -0.900. The van der Waals surface area contributed by atoms with Gasteiger partial charge in [-0.15, -0.1) is 11.6 Å². The van der Waals surface area contributed by atoms with E-state index < -0.39 is 0 Å². The number of hydrogen-bond donors (Lipinski definition) is 1. The zero-order chi connectivity index (χ0) is 22.9. The third kappa shape index (κ3) is 5.54. The summed E-state index contributed by atoms with van der Waals surface area (Å²) < 4.78 is 0. The predicted molar refractivity (Wildman–Crippen MR) is 132 cm³/mol. The number of alkyl halides is 1. The molecule has 4 heteroatoms. The van der Waals surface area contributed by atoms with Crippen LogP contribution in [0.1, 0.15) is 71.8 Å². The van der Waals surface area contributed by atoms with Crippen LogP contribution in [0.25, 0.3) is 0 Å². The number of rotatable bonds is 3. The van der Waals surface area contributed by atoms with Crippen molar-refractivity contribution in [2.75, 3.05) is 26.0 Å². The molecule has 0 aromatic heterocycles. The van der Waals surface area contributed by atoms with E-state index in [1.54, 1.807) is 0 Å². The summed E-state index contributed by atoms with van der Waals surface area (Å²) in [7, 11) is 2.16. The number of aldehydes is 1. The van der Waals surface area contributed by atoms with Gasteiger partial charge in [0.2, 0.25) is 0 Å². The van der Waals surface area contributed by atoms with Crippen molar-refractivity contribution in [3.8, 4) is 0 Å². The summed E-state index contributed by atoms with van der Waals surface area (Å²) >= 11 is 6.32. The van der Waals surface area contributed by atoms with E-state index in [1.807, 2.05) is 0 Å². The fourth-order valence-electron chi connectivity index (χ4n) is 7.01. The minimum atomic E-state index is -0.174. The van der Waals surface area contributed by atoms with Gasteiger partial charge in [0, 0.05) is 23.9 Å². The van der Waals surface area contributed by atoms with Gasteiger partial charge in [-0.05, 0) is 79.8 Å². The molecule has 0 radical (unpaired) electrons. The number of carbonyl (C=O) groups is 1. The zero-order valence-corrected chi connectivity index (χ0v) is 21.0. The van der Waals surface area contributed by atoms with Crippen molar-refractivity contribution in [2.45, 2.75) is 77.7 Å². The molecule has 1 heterocycles. The Kier molecular flexibility index (Phi) is 7.30. The lowest BCUT2D eigenvalue weighted by Gasteiger charge is -2.56. The van der Waals surface area contributed by atoms with Gasteiger partial charge in [0.25, 0.3) is 0 Å². The third-order valence-electron chi connectivity index (χ3n) is 8.22. The first kappa shape index (κ1) is 24.7. The lowest BCUT2D eigenvalue weighted by molar-refractivity contribution is -0.122. The average molecular weight is 447 g/mol. The first-order valence-electron chi connectivity index (χ1n) is 12.0. The predicted octanol–water partition coefficient (Wildman–Crippen LogP) is 5.64. The van der Waals surface area contributed by atoms with Gasteiger partial charge in [-0.3, -0.25) is 0 Å². The Morgan fingerprint density at radius 3 is 2.32 bits per heavy atom. The van der Waals surface area contributed by atoms with Crippen LogP contribution in [0.5, 0.6) is 0 Å². The van der Waals surface area contributed by atoms with Crippen molar-refractivity contribution >= 4 is 17.9 Å². The van der Waals surface area contributed by atoms with Crippen LogP contribution >= 0.6 is 11.6 Å². The second kappa shape index (κ2) is 9.15. The smallest absolute Gasteiger partial charge is 0.125 e. The normalized spacial score (nSPS) is 39.8. The van der Waals surface area contributed by atoms with E-state index in [2.05, 4.69) is 70.0 Å². The van der Waals surface area contributed by atoms with Crippen molar-refractivity contribution in [3.63, 3.8) is 0 Å². The van der Waals surface area contributed by atoms with Gasteiger partial charge in [0.1, 0.15) is 6.29 Å². The molecule has 5 atom stereocenters. The number of halogens is 1. The van der Waals surface area contributed by atoms with E-state index in [0.717, 1.165) is 51.1 Å². The lowest BCUT2D eigenvalue weighted by atomic mass is 9.48. The zero-order valence-electron chi connectivity index (χ0n) is 20.3. The summed E-state index contributed by atoms with van der Waals surface area (Å²) in [5.41, 5.74) is 7.81. The van der Waals surface area contributed by atoms with Gasteiger partial charge in [-0.25, -0.2) is 0 Å². The van der Waals surface area contributed by atoms with Crippen LogP contribution < -0.4 is 5.73 Å². The van der Waals surface area contributed by atoms with Crippen molar-refractivity contribution in [3.05, 3.63) is 35.9 Å². The Morgan fingerprint density at radius 2 is 1.77 bits per heavy atom. The number of nitrogens with zero attached hydrogens (tertiary/aromatic N) is 1. The maximum atomic E-state index is 11.7. The molecule has 174 valence electrons. The lowest BCUT2D eigenvalue weighted by Crippen LogP contribution is -2.51. The summed E-state index contributed by atoms with van der Waals surface area (Å²) in [6.45, 7) is 11.3. The van der Waals surface area contributed by atoms with E-state index >= 15 is 0 Å². The van der Waals surface area contributed by atoms with Crippen molar-refractivity contribution in [1.29, 1.82) is 0 Å². The number of hydrogen-bond acceptors (Lipinski definition) is 3. The van der Waals surface area contributed by atoms with Crippen LogP contribution in [-0.2, 0) is 10.2 Å². The van der Waals surface area contributed by atoms with E-state index in [-0.39, 0.29) is 16.2 Å². The van der Waals surface area contributed by atoms with E-state index in [4.69, 9.17) is 17.3 Å². The van der Waals surface area contributed by atoms with Gasteiger partial charge >= 0.3 is 0 Å².